The lowest BCUT2D eigenvalue weighted by Gasteiger charge is -2.18. The van der Waals surface area contributed by atoms with Crippen LogP contribution in [-0.4, -0.2) is 47.4 Å². The summed E-state index contributed by atoms with van der Waals surface area (Å²) in [7, 11) is 1.62. The van der Waals surface area contributed by atoms with Crippen LogP contribution in [0.3, 0.4) is 0 Å². The summed E-state index contributed by atoms with van der Waals surface area (Å²) in [4.78, 5) is 51.1. The summed E-state index contributed by atoms with van der Waals surface area (Å²) in [6.45, 7) is 1.82. The number of hydrogen-bond acceptors (Lipinski definition) is 7. The zero-order valence-corrected chi connectivity index (χ0v) is 20.3. The largest absolute Gasteiger partial charge is 0.452 e. The number of likely N-dealkylation sites (N-methyl/N-ethyl adjacent to an activating group) is 1. The first-order valence-corrected chi connectivity index (χ1v) is 11.9. The summed E-state index contributed by atoms with van der Waals surface area (Å²) in [5.41, 5.74) is 1.91. The Kier molecular flexibility index (Phi) is 8.38. The highest BCUT2D eigenvalue weighted by molar-refractivity contribution is 7.98. The van der Waals surface area contributed by atoms with Crippen molar-refractivity contribution in [2.45, 2.75) is 18.4 Å². The molecule has 1 amide bonds. The molecule has 0 atom stereocenters. The van der Waals surface area contributed by atoms with E-state index in [1.807, 2.05) is 31.2 Å². The molecule has 9 heteroatoms. The number of carbonyl (C=O) groups is 3. The summed E-state index contributed by atoms with van der Waals surface area (Å²) in [5, 5.41) is 11.4. The Hall–Kier alpha value is -3.98. The van der Waals surface area contributed by atoms with Gasteiger partial charge in [0.15, 0.2) is 12.4 Å². The number of aryl methyl sites for hydroxylation is 1. The number of nitro benzene ring substituents is 1. The van der Waals surface area contributed by atoms with Crippen molar-refractivity contribution in [1.82, 2.24) is 4.90 Å². The molecule has 0 bridgehead atoms. The second-order valence-corrected chi connectivity index (χ2v) is 8.62. The summed E-state index contributed by atoms with van der Waals surface area (Å²) in [5.74, 6) is -1.79. The van der Waals surface area contributed by atoms with Crippen molar-refractivity contribution in [3.8, 4) is 0 Å². The van der Waals surface area contributed by atoms with E-state index in [0.29, 0.717) is 11.4 Å². The van der Waals surface area contributed by atoms with Crippen molar-refractivity contribution in [2.75, 3.05) is 19.9 Å². The first-order valence-electron chi connectivity index (χ1n) is 10.6. The van der Waals surface area contributed by atoms with Gasteiger partial charge in [0.05, 0.1) is 15.4 Å². The maximum Gasteiger partial charge on any atom is 0.339 e. The van der Waals surface area contributed by atoms with Gasteiger partial charge in [0.25, 0.3) is 11.6 Å². The van der Waals surface area contributed by atoms with Crippen LogP contribution >= 0.6 is 11.8 Å². The number of ketones is 1. The van der Waals surface area contributed by atoms with Crippen molar-refractivity contribution in [2.24, 2.45) is 0 Å². The molecule has 0 N–H and O–H groups in total. The summed E-state index contributed by atoms with van der Waals surface area (Å²) >= 11 is 1.20. The molecule has 0 heterocycles. The van der Waals surface area contributed by atoms with Crippen LogP contribution < -0.4 is 0 Å². The Labute approximate surface area is 207 Å². The van der Waals surface area contributed by atoms with Crippen molar-refractivity contribution >= 4 is 35.1 Å². The van der Waals surface area contributed by atoms with Crippen LogP contribution in [0.2, 0.25) is 0 Å². The first-order chi connectivity index (χ1) is 16.7. The van der Waals surface area contributed by atoms with E-state index in [-0.39, 0.29) is 22.4 Å². The SMILES string of the molecule is CSc1ccc(C(=O)c2ccccc2C(=O)OCC(=O)N(C)Cc2ccccc2C)cc1[N+](=O)[O-]. The van der Waals surface area contributed by atoms with Crippen molar-refractivity contribution in [1.29, 1.82) is 0 Å². The number of esters is 1. The number of hydrogen-bond donors (Lipinski definition) is 0. The molecule has 35 heavy (non-hydrogen) atoms. The molecular weight excluding hydrogens is 468 g/mol. The monoisotopic (exact) mass is 492 g/mol. The van der Waals surface area contributed by atoms with Gasteiger partial charge in [-0.15, -0.1) is 11.8 Å². The van der Waals surface area contributed by atoms with Crippen LogP contribution in [0.25, 0.3) is 0 Å². The zero-order valence-electron chi connectivity index (χ0n) is 19.5. The Morgan fingerprint density at radius 2 is 1.66 bits per heavy atom. The molecule has 8 nitrogen and oxygen atoms in total. The molecule has 3 aromatic carbocycles. The standard InChI is InChI=1S/C26H24N2O6S/c1-17-8-4-5-9-19(17)15-27(2)24(29)16-34-26(31)21-11-7-6-10-20(21)25(30)18-12-13-23(35-3)22(14-18)28(32)33/h4-14H,15-16H2,1-3H3. The zero-order chi connectivity index (χ0) is 25.5. The third-order valence-corrected chi connectivity index (χ3v) is 6.24. The predicted octanol–water partition coefficient (Wildman–Crippen LogP) is 4.67. The minimum Gasteiger partial charge on any atom is -0.452 e. The first kappa shape index (κ1) is 25.6. The Morgan fingerprint density at radius 1 is 1.00 bits per heavy atom. The molecule has 0 unspecified atom stereocenters. The molecule has 180 valence electrons. The van der Waals surface area contributed by atoms with Crippen LogP contribution in [0.4, 0.5) is 5.69 Å². The number of benzene rings is 3. The van der Waals surface area contributed by atoms with Crippen molar-refractivity contribution in [3.05, 3.63) is 105 Å². The van der Waals surface area contributed by atoms with Gasteiger partial charge in [-0.2, -0.15) is 0 Å². The maximum atomic E-state index is 13.1. The molecule has 0 saturated carbocycles. The third kappa shape index (κ3) is 6.13. The molecule has 0 saturated heterocycles. The fourth-order valence-corrected chi connectivity index (χ4v) is 3.98. The lowest BCUT2D eigenvalue weighted by atomic mass is 9.98. The maximum absolute atomic E-state index is 13.1. The molecule has 0 aliphatic rings. The molecule has 0 radical (unpaired) electrons. The molecule has 0 fully saturated rings. The number of amides is 1. The van der Waals surface area contributed by atoms with Gasteiger partial charge < -0.3 is 9.64 Å². The van der Waals surface area contributed by atoms with Gasteiger partial charge in [0, 0.05) is 30.8 Å². The van der Waals surface area contributed by atoms with Gasteiger partial charge in [0.1, 0.15) is 0 Å². The van der Waals surface area contributed by atoms with Crippen molar-refractivity contribution in [3.63, 3.8) is 0 Å². The number of thioether (sulfide) groups is 1. The van der Waals surface area contributed by atoms with E-state index in [1.165, 1.54) is 47.0 Å². The fourth-order valence-electron chi connectivity index (χ4n) is 3.43. The molecular formula is C26H24N2O6S. The average Bonchev–Trinajstić information content (AvgIpc) is 2.87. The van der Waals surface area contributed by atoms with E-state index in [0.717, 1.165) is 11.1 Å². The lowest BCUT2D eigenvalue weighted by molar-refractivity contribution is -0.387. The second-order valence-electron chi connectivity index (χ2n) is 7.77. The molecule has 3 rings (SSSR count). The van der Waals surface area contributed by atoms with E-state index >= 15 is 0 Å². The van der Waals surface area contributed by atoms with Crippen LogP contribution in [0.15, 0.2) is 71.6 Å². The fraction of sp³-hybridized carbons (Fsp3) is 0.192. The highest BCUT2D eigenvalue weighted by Crippen LogP contribution is 2.29. The van der Waals surface area contributed by atoms with Gasteiger partial charge in [-0.3, -0.25) is 19.7 Å². The lowest BCUT2D eigenvalue weighted by Crippen LogP contribution is -2.31. The van der Waals surface area contributed by atoms with E-state index in [2.05, 4.69) is 0 Å². The average molecular weight is 493 g/mol. The number of nitrogens with zero attached hydrogens (tertiary/aromatic N) is 2. The topological polar surface area (TPSA) is 107 Å². The molecule has 3 aromatic rings. The molecule has 0 aliphatic carbocycles. The Balaban J connectivity index is 1.74. The quantitative estimate of drug-likeness (QED) is 0.140. The summed E-state index contributed by atoms with van der Waals surface area (Å²) in [6, 6.07) is 17.9. The second kappa shape index (κ2) is 11.4. The molecule has 0 spiro atoms. The van der Waals surface area contributed by atoms with Crippen LogP contribution in [0.1, 0.15) is 37.4 Å². The van der Waals surface area contributed by atoms with Gasteiger partial charge >= 0.3 is 5.97 Å². The molecule has 0 aliphatic heterocycles. The van der Waals surface area contributed by atoms with Gasteiger partial charge in [-0.1, -0.05) is 42.5 Å². The van der Waals surface area contributed by atoms with E-state index in [1.54, 1.807) is 25.4 Å². The smallest absolute Gasteiger partial charge is 0.339 e. The minimum absolute atomic E-state index is 0.0246. The van der Waals surface area contributed by atoms with Crippen molar-refractivity contribution < 1.29 is 24.0 Å². The Bertz CT molecular complexity index is 1290. The number of rotatable bonds is 9. The number of carbonyl (C=O) groups excluding carboxylic acids is 3. The number of ether oxygens (including phenoxy) is 1. The van der Waals surface area contributed by atoms with Gasteiger partial charge in [0.2, 0.25) is 0 Å². The summed E-state index contributed by atoms with van der Waals surface area (Å²) in [6.07, 6.45) is 1.70. The van der Waals surface area contributed by atoms with E-state index < -0.39 is 29.2 Å². The van der Waals surface area contributed by atoms with Gasteiger partial charge in [-0.05, 0) is 42.5 Å². The summed E-state index contributed by atoms with van der Waals surface area (Å²) < 4.78 is 5.21. The Morgan fingerprint density at radius 3 is 2.31 bits per heavy atom. The van der Waals surface area contributed by atoms with Crippen LogP contribution in [0.5, 0.6) is 0 Å². The minimum atomic E-state index is -0.832. The third-order valence-electron chi connectivity index (χ3n) is 5.45. The van der Waals surface area contributed by atoms with E-state index in [9.17, 15) is 24.5 Å². The highest BCUT2D eigenvalue weighted by Gasteiger charge is 2.23. The number of nitro groups is 1. The predicted molar refractivity (Wildman–Crippen MR) is 133 cm³/mol. The van der Waals surface area contributed by atoms with Crippen LogP contribution in [-0.2, 0) is 16.1 Å². The van der Waals surface area contributed by atoms with Crippen LogP contribution in [0, 0.1) is 17.0 Å². The highest BCUT2D eigenvalue weighted by atomic mass is 32.2. The van der Waals surface area contributed by atoms with E-state index in [4.69, 9.17) is 4.74 Å². The normalized spacial score (nSPS) is 10.5. The van der Waals surface area contributed by atoms with Gasteiger partial charge in [-0.25, -0.2) is 4.79 Å². The molecule has 0 aromatic heterocycles.